The normalized spacial score (nSPS) is 22.0. The van der Waals surface area contributed by atoms with Crippen molar-refractivity contribution in [3.05, 3.63) is 36.5 Å². The second-order valence-corrected chi connectivity index (χ2v) is 19.1. The second-order valence-electron chi connectivity index (χ2n) is 16.5. The van der Waals surface area contributed by atoms with Crippen LogP contribution in [0.1, 0.15) is 174 Å². The summed E-state index contributed by atoms with van der Waals surface area (Å²) in [5.41, 5.74) is 0. The van der Waals surface area contributed by atoms with Gasteiger partial charge in [-0.3, -0.25) is 28.0 Å². The van der Waals surface area contributed by atoms with Gasteiger partial charge in [0.15, 0.2) is 11.9 Å². The molecule has 0 spiro atoms. The van der Waals surface area contributed by atoms with E-state index in [4.69, 9.17) is 28.3 Å². The fourth-order valence-electron chi connectivity index (χ4n) is 6.94. The molecule has 1 aliphatic carbocycles. The first-order chi connectivity index (χ1) is 30.5. The Hall–Kier alpha value is -2.11. The van der Waals surface area contributed by atoms with Gasteiger partial charge in [0.05, 0.1) is 6.61 Å². The predicted molar refractivity (Wildman–Crippen MR) is 242 cm³/mol. The minimum Gasteiger partial charge on any atom is -0.462 e. The quantitative estimate of drug-likeness (QED) is 0.00770. The van der Waals surface area contributed by atoms with Crippen LogP contribution in [0.3, 0.4) is 0 Å². The summed E-state index contributed by atoms with van der Waals surface area (Å²) in [6.07, 6.45) is 19.4. The topological polar surface area (TPSA) is 273 Å². The molecule has 1 aliphatic rings. The molecule has 19 heteroatoms. The lowest BCUT2D eigenvalue weighted by Crippen LogP contribution is -2.64. The molecule has 0 saturated heterocycles. The Kier molecular flexibility index (Phi) is 33.7. The van der Waals surface area contributed by atoms with Gasteiger partial charge in [-0.15, -0.1) is 0 Å². The van der Waals surface area contributed by atoms with Crippen LogP contribution in [0.4, 0.5) is 0 Å². The first kappa shape index (κ1) is 59.9. The Morgan fingerprint density at radius 3 is 1.56 bits per heavy atom. The van der Waals surface area contributed by atoms with E-state index in [9.17, 15) is 48.8 Å². The molecule has 0 aromatic heterocycles. The fraction of sp³-hybridized carbons (Fsp3) is 0.800. The number of ether oxygens (including phenoxy) is 2. The third kappa shape index (κ3) is 30.2. The summed E-state index contributed by atoms with van der Waals surface area (Å²) in [7, 11) is -10.7. The zero-order valence-electron chi connectivity index (χ0n) is 38.2. The van der Waals surface area contributed by atoms with E-state index >= 15 is 0 Å². The minimum atomic E-state index is -5.37. The maximum atomic E-state index is 13.0. The molecule has 0 radical (unpaired) electrons. The van der Waals surface area contributed by atoms with Crippen LogP contribution in [0, 0.1) is 0 Å². The Morgan fingerprint density at radius 2 is 1.00 bits per heavy atom. The van der Waals surface area contributed by atoms with Gasteiger partial charge in [-0.05, 0) is 63.9 Å². The van der Waals surface area contributed by atoms with Crippen molar-refractivity contribution in [2.24, 2.45) is 0 Å². The molecule has 372 valence electrons. The Labute approximate surface area is 380 Å². The standard InChI is InChI=1S/C45H80O17P2/c1-3-5-7-8-9-10-11-12-13-14-15-18-21-24-28-32-38(47)58-34-37(60-39(48)33-29-25-22-19-16-17-20-23-27-31-36(46)30-26-6-4-2)35-59-64(56,57)62-45-42(51)40(49)41(50)44(43(45)52)61-63(53,54)55/h10-11,20,23,27,31,37,40-45,49-52H,3-9,12-19,21-22,24-26,28-30,32-35H2,1-2H3,(H,56,57)(H2,53,54,55)/b11-10-,23-20-,31-27+/t37-,40?,41?,42?,43?,44-,45+/m1/s1. The SMILES string of the molecule is CCCCCC/C=C\CCCCCCCCCC(=O)OC[C@H](COP(=O)(O)O[C@H]1C(O)C(O)C(O)[C@@H](OP(=O)(O)O)C1O)OC(=O)CCCCCCC/C=C\C=C\C(=O)CCCCC. The Bertz CT molecular complexity index is 1450. The van der Waals surface area contributed by atoms with Gasteiger partial charge < -0.3 is 44.6 Å². The molecule has 7 N–H and O–H groups in total. The number of aliphatic hydroxyl groups is 4. The van der Waals surface area contributed by atoms with Gasteiger partial charge in [0, 0.05) is 19.3 Å². The van der Waals surface area contributed by atoms with Crippen LogP contribution in [-0.4, -0.2) is 109 Å². The molecule has 17 nitrogen and oxygen atoms in total. The summed E-state index contributed by atoms with van der Waals surface area (Å²) in [4.78, 5) is 66.0. The monoisotopic (exact) mass is 954 g/mol. The minimum absolute atomic E-state index is 0.00777. The molecule has 1 saturated carbocycles. The van der Waals surface area contributed by atoms with Crippen molar-refractivity contribution in [3.63, 3.8) is 0 Å². The number of allylic oxidation sites excluding steroid dienone is 6. The van der Waals surface area contributed by atoms with Crippen molar-refractivity contribution in [1.82, 2.24) is 0 Å². The van der Waals surface area contributed by atoms with Crippen LogP contribution < -0.4 is 0 Å². The summed E-state index contributed by atoms with van der Waals surface area (Å²) in [5, 5.41) is 41.2. The smallest absolute Gasteiger partial charge is 0.462 e. The Morgan fingerprint density at radius 1 is 0.531 bits per heavy atom. The Balaban J connectivity index is 2.63. The molecule has 64 heavy (non-hydrogen) atoms. The average molecular weight is 955 g/mol. The molecular weight excluding hydrogens is 874 g/mol. The molecule has 1 rings (SSSR count). The van der Waals surface area contributed by atoms with E-state index in [0.29, 0.717) is 19.3 Å². The van der Waals surface area contributed by atoms with Crippen LogP contribution in [-0.2, 0) is 46.6 Å². The maximum absolute atomic E-state index is 13.0. The number of unbranched alkanes of at least 4 members (excludes halogenated alkanes) is 18. The van der Waals surface area contributed by atoms with Crippen LogP contribution in [0.15, 0.2) is 36.5 Å². The van der Waals surface area contributed by atoms with Crippen molar-refractivity contribution >= 4 is 33.4 Å². The van der Waals surface area contributed by atoms with E-state index in [1.165, 1.54) is 25.7 Å². The highest BCUT2D eigenvalue weighted by atomic mass is 31.2. The highest BCUT2D eigenvalue weighted by Crippen LogP contribution is 2.49. The molecule has 0 amide bonds. The largest absolute Gasteiger partial charge is 0.472 e. The van der Waals surface area contributed by atoms with Gasteiger partial charge in [-0.25, -0.2) is 9.13 Å². The molecule has 5 unspecified atom stereocenters. The lowest BCUT2D eigenvalue weighted by molar-refractivity contribution is -0.216. The van der Waals surface area contributed by atoms with Gasteiger partial charge in [0.2, 0.25) is 0 Å². The number of ketones is 1. The molecular formula is C45H80O17P2. The molecule has 0 aromatic rings. The number of hydrogen-bond donors (Lipinski definition) is 7. The van der Waals surface area contributed by atoms with Crippen LogP contribution in [0.2, 0.25) is 0 Å². The number of hydrogen-bond acceptors (Lipinski definition) is 14. The van der Waals surface area contributed by atoms with Crippen molar-refractivity contribution in [1.29, 1.82) is 0 Å². The van der Waals surface area contributed by atoms with Gasteiger partial charge in [-0.1, -0.05) is 128 Å². The summed E-state index contributed by atoms with van der Waals surface area (Å²) >= 11 is 0. The predicted octanol–water partition coefficient (Wildman–Crippen LogP) is 7.91. The van der Waals surface area contributed by atoms with E-state index in [1.807, 2.05) is 12.2 Å². The average Bonchev–Trinajstić information content (AvgIpc) is 3.24. The van der Waals surface area contributed by atoms with E-state index in [-0.39, 0.29) is 18.6 Å². The number of aliphatic hydroxyl groups excluding tert-OH is 4. The molecule has 0 bridgehead atoms. The lowest BCUT2D eigenvalue weighted by atomic mass is 9.85. The molecule has 0 aromatic carbocycles. The highest BCUT2D eigenvalue weighted by molar-refractivity contribution is 7.47. The lowest BCUT2D eigenvalue weighted by Gasteiger charge is -2.43. The van der Waals surface area contributed by atoms with Crippen molar-refractivity contribution < 1.29 is 81.7 Å². The molecule has 0 heterocycles. The van der Waals surface area contributed by atoms with Gasteiger partial charge >= 0.3 is 27.6 Å². The van der Waals surface area contributed by atoms with Crippen LogP contribution >= 0.6 is 15.6 Å². The number of phosphoric ester groups is 2. The third-order valence-corrected chi connectivity index (χ3v) is 12.2. The van der Waals surface area contributed by atoms with Crippen LogP contribution in [0.5, 0.6) is 0 Å². The van der Waals surface area contributed by atoms with E-state index in [1.54, 1.807) is 12.2 Å². The number of rotatable bonds is 39. The summed E-state index contributed by atoms with van der Waals surface area (Å²) < 4.78 is 49.3. The van der Waals surface area contributed by atoms with Crippen LogP contribution in [0.25, 0.3) is 0 Å². The summed E-state index contributed by atoms with van der Waals surface area (Å²) in [6.45, 7) is 2.91. The van der Waals surface area contributed by atoms with Gasteiger partial charge in [0.25, 0.3) is 0 Å². The zero-order valence-corrected chi connectivity index (χ0v) is 40.0. The van der Waals surface area contributed by atoms with Gasteiger partial charge in [-0.2, -0.15) is 0 Å². The first-order valence-electron chi connectivity index (χ1n) is 23.5. The molecule has 0 aliphatic heterocycles. The van der Waals surface area contributed by atoms with Crippen molar-refractivity contribution in [2.75, 3.05) is 13.2 Å². The third-order valence-electron chi connectivity index (χ3n) is 10.7. The zero-order chi connectivity index (χ0) is 47.6. The van der Waals surface area contributed by atoms with Gasteiger partial charge in [0.1, 0.15) is 43.2 Å². The van der Waals surface area contributed by atoms with Crippen molar-refractivity contribution in [3.8, 4) is 0 Å². The second kappa shape index (κ2) is 36.0. The maximum Gasteiger partial charge on any atom is 0.472 e. The summed E-state index contributed by atoms with van der Waals surface area (Å²) in [5.74, 6) is -1.15. The fourth-order valence-corrected chi connectivity index (χ4v) is 8.48. The van der Waals surface area contributed by atoms with Crippen molar-refractivity contribution in [2.45, 2.75) is 217 Å². The van der Waals surface area contributed by atoms with E-state index < -0.39 is 83.5 Å². The number of esters is 2. The van der Waals surface area contributed by atoms with E-state index in [2.05, 4.69) is 30.5 Å². The highest BCUT2D eigenvalue weighted by Gasteiger charge is 2.54. The summed E-state index contributed by atoms with van der Waals surface area (Å²) in [6, 6.07) is 0. The number of phosphoric acid groups is 2. The van der Waals surface area contributed by atoms with E-state index in [0.717, 1.165) is 103 Å². The molecule has 8 atom stereocenters. The molecule has 1 fully saturated rings. The first-order valence-corrected chi connectivity index (χ1v) is 26.5. The number of carbonyl (C=O) groups is 3. The number of carbonyl (C=O) groups excluding carboxylic acids is 3.